The third kappa shape index (κ3) is 4.37. The molecule has 0 saturated heterocycles. The van der Waals surface area contributed by atoms with E-state index >= 15 is 0 Å². The van der Waals surface area contributed by atoms with E-state index in [1.807, 2.05) is 0 Å². The second kappa shape index (κ2) is 6.97. The summed E-state index contributed by atoms with van der Waals surface area (Å²) in [4.78, 5) is 25.9. The molecule has 0 saturated carbocycles. The van der Waals surface area contributed by atoms with Crippen LogP contribution in [0.15, 0.2) is 42.6 Å². The molecule has 0 unspecified atom stereocenters. The van der Waals surface area contributed by atoms with Crippen molar-refractivity contribution in [3.05, 3.63) is 63.9 Å². The minimum atomic E-state index is -0.494. The first kappa shape index (κ1) is 15.2. The lowest BCUT2D eigenvalue weighted by molar-refractivity contribution is -0.117. The van der Waals surface area contributed by atoms with Crippen LogP contribution in [0.2, 0.25) is 10.0 Å². The fraction of sp³-hybridized carbons (Fsp3) is 0. The van der Waals surface area contributed by atoms with Gasteiger partial charge >= 0.3 is 0 Å². The smallest absolute Gasteiger partial charge is 0.286 e. The second-order valence-electron chi connectivity index (χ2n) is 4.03. The molecule has 3 N–H and O–H groups in total. The van der Waals surface area contributed by atoms with E-state index in [0.29, 0.717) is 21.3 Å². The van der Waals surface area contributed by atoms with Crippen molar-refractivity contribution in [3.63, 3.8) is 0 Å². The molecule has 21 heavy (non-hydrogen) atoms. The fourth-order valence-electron chi connectivity index (χ4n) is 1.51. The summed E-state index contributed by atoms with van der Waals surface area (Å²) in [5.74, 6) is -0.937. The van der Waals surface area contributed by atoms with Crippen LogP contribution in [0.3, 0.4) is 0 Å². The minimum absolute atomic E-state index is 0.345. The monoisotopic (exact) mass is 323 g/mol. The van der Waals surface area contributed by atoms with Crippen molar-refractivity contribution in [1.82, 2.24) is 15.8 Å². The Balaban J connectivity index is 1.91. The van der Waals surface area contributed by atoms with Gasteiger partial charge in [0, 0.05) is 22.3 Å². The van der Waals surface area contributed by atoms with E-state index in [-0.39, 0.29) is 0 Å². The Morgan fingerprint density at radius 2 is 1.95 bits per heavy atom. The summed E-state index contributed by atoms with van der Waals surface area (Å²) < 4.78 is 0. The molecule has 0 atom stereocenters. The molecule has 7 heteroatoms. The van der Waals surface area contributed by atoms with Crippen LogP contribution in [-0.2, 0) is 4.79 Å². The van der Waals surface area contributed by atoms with Gasteiger partial charge in [0.25, 0.3) is 11.8 Å². The van der Waals surface area contributed by atoms with Gasteiger partial charge < -0.3 is 4.98 Å². The third-order valence-corrected chi connectivity index (χ3v) is 3.09. The second-order valence-corrected chi connectivity index (χ2v) is 4.87. The minimum Gasteiger partial charge on any atom is -0.357 e. The highest BCUT2D eigenvalue weighted by Crippen LogP contribution is 2.21. The zero-order valence-electron chi connectivity index (χ0n) is 10.7. The number of aromatic nitrogens is 1. The molecule has 0 spiro atoms. The number of hydrazine groups is 1. The molecule has 1 aromatic heterocycles. The Hall–Kier alpha value is -2.24. The van der Waals surface area contributed by atoms with Crippen molar-refractivity contribution in [1.29, 1.82) is 0 Å². The Kier molecular flexibility index (Phi) is 5.03. The Morgan fingerprint density at radius 3 is 2.67 bits per heavy atom. The predicted molar refractivity (Wildman–Crippen MR) is 81.9 cm³/mol. The Morgan fingerprint density at radius 1 is 1.14 bits per heavy atom. The molecule has 2 aromatic rings. The van der Waals surface area contributed by atoms with Crippen molar-refractivity contribution in [2.45, 2.75) is 0 Å². The summed E-state index contributed by atoms with van der Waals surface area (Å²) >= 11 is 11.8. The SMILES string of the molecule is O=C(/C=C/c1cc(Cl)ccc1Cl)NNC(=O)c1ccc[nH]1. The maximum atomic E-state index is 11.6. The van der Waals surface area contributed by atoms with E-state index in [4.69, 9.17) is 23.2 Å². The van der Waals surface area contributed by atoms with Gasteiger partial charge in [-0.25, -0.2) is 0 Å². The number of H-pyrrole nitrogens is 1. The number of benzene rings is 1. The molecule has 5 nitrogen and oxygen atoms in total. The lowest BCUT2D eigenvalue weighted by Gasteiger charge is -2.03. The lowest BCUT2D eigenvalue weighted by atomic mass is 10.2. The van der Waals surface area contributed by atoms with Gasteiger partial charge in [0.05, 0.1) is 0 Å². The number of amides is 2. The highest BCUT2D eigenvalue weighted by Gasteiger charge is 2.06. The quantitative estimate of drug-likeness (QED) is 0.600. The van der Waals surface area contributed by atoms with Gasteiger partial charge in [-0.15, -0.1) is 0 Å². The molecule has 0 radical (unpaired) electrons. The van der Waals surface area contributed by atoms with E-state index in [1.54, 1.807) is 36.5 Å². The molecule has 0 bridgehead atoms. The van der Waals surface area contributed by atoms with Crippen LogP contribution in [0.4, 0.5) is 0 Å². The summed E-state index contributed by atoms with van der Waals surface area (Å²) in [5.41, 5.74) is 5.47. The number of rotatable bonds is 3. The fourth-order valence-corrected chi connectivity index (χ4v) is 1.87. The van der Waals surface area contributed by atoms with Crippen molar-refractivity contribution in [2.24, 2.45) is 0 Å². The molecule has 0 aliphatic carbocycles. The highest BCUT2D eigenvalue weighted by atomic mass is 35.5. The maximum Gasteiger partial charge on any atom is 0.286 e. The van der Waals surface area contributed by atoms with E-state index in [0.717, 1.165) is 0 Å². The highest BCUT2D eigenvalue weighted by molar-refractivity contribution is 6.34. The normalized spacial score (nSPS) is 10.6. The molecule has 0 aliphatic heterocycles. The van der Waals surface area contributed by atoms with Gasteiger partial charge in [-0.05, 0) is 42.0 Å². The molecule has 108 valence electrons. The Labute approximate surface area is 130 Å². The largest absolute Gasteiger partial charge is 0.357 e. The summed E-state index contributed by atoms with van der Waals surface area (Å²) in [6.45, 7) is 0. The predicted octanol–water partition coefficient (Wildman–Crippen LogP) is 2.80. The molecule has 0 aliphatic rings. The molecular formula is C14H11Cl2N3O2. The van der Waals surface area contributed by atoms with Crippen LogP contribution in [0, 0.1) is 0 Å². The van der Waals surface area contributed by atoms with Gasteiger partial charge in [0.15, 0.2) is 0 Å². The van der Waals surface area contributed by atoms with Crippen LogP contribution >= 0.6 is 23.2 Å². The number of aromatic amines is 1. The third-order valence-electron chi connectivity index (χ3n) is 2.51. The summed E-state index contributed by atoms with van der Waals surface area (Å²) in [6.07, 6.45) is 4.36. The molecule has 2 rings (SSSR count). The molecule has 1 aromatic carbocycles. The van der Waals surface area contributed by atoms with Crippen LogP contribution in [-0.4, -0.2) is 16.8 Å². The number of carbonyl (C=O) groups excluding carboxylic acids is 2. The molecule has 0 fully saturated rings. The maximum absolute atomic E-state index is 11.6. The number of hydrogen-bond acceptors (Lipinski definition) is 2. The zero-order chi connectivity index (χ0) is 15.2. The van der Waals surface area contributed by atoms with Gasteiger partial charge in [0.1, 0.15) is 5.69 Å². The number of hydrogen-bond donors (Lipinski definition) is 3. The molecule has 1 heterocycles. The summed E-state index contributed by atoms with van der Waals surface area (Å²) in [5, 5.41) is 0.985. The number of halogens is 2. The number of nitrogens with one attached hydrogen (secondary N) is 3. The van der Waals surface area contributed by atoms with Gasteiger partial charge in [0.2, 0.25) is 0 Å². The van der Waals surface area contributed by atoms with Gasteiger partial charge in [-0.1, -0.05) is 23.2 Å². The van der Waals surface area contributed by atoms with E-state index < -0.39 is 11.8 Å². The van der Waals surface area contributed by atoms with E-state index in [2.05, 4.69) is 15.8 Å². The zero-order valence-corrected chi connectivity index (χ0v) is 12.2. The molecule has 2 amide bonds. The average Bonchev–Trinajstić information content (AvgIpc) is 3.00. The van der Waals surface area contributed by atoms with Gasteiger partial charge in [-0.3, -0.25) is 20.4 Å². The van der Waals surface area contributed by atoms with Crippen molar-refractivity contribution >= 4 is 41.1 Å². The van der Waals surface area contributed by atoms with Crippen LogP contribution < -0.4 is 10.9 Å². The summed E-state index contributed by atoms with van der Waals surface area (Å²) in [7, 11) is 0. The van der Waals surface area contributed by atoms with E-state index in [9.17, 15) is 9.59 Å². The Bertz CT molecular complexity index is 682. The standard InChI is InChI=1S/C14H11Cl2N3O2/c15-10-4-5-11(16)9(8-10)3-6-13(20)18-19-14(21)12-2-1-7-17-12/h1-8,17H,(H,18,20)(H,19,21)/b6-3+. The van der Waals surface area contributed by atoms with E-state index in [1.165, 1.54) is 12.2 Å². The topological polar surface area (TPSA) is 74.0 Å². The number of carbonyl (C=O) groups is 2. The molecular weight excluding hydrogens is 313 g/mol. The van der Waals surface area contributed by atoms with Crippen LogP contribution in [0.1, 0.15) is 16.1 Å². The van der Waals surface area contributed by atoms with Gasteiger partial charge in [-0.2, -0.15) is 0 Å². The van der Waals surface area contributed by atoms with Crippen molar-refractivity contribution < 1.29 is 9.59 Å². The summed E-state index contributed by atoms with van der Waals surface area (Å²) in [6, 6.07) is 8.18. The van der Waals surface area contributed by atoms with Crippen LogP contribution in [0.5, 0.6) is 0 Å². The average molecular weight is 324 g/mol. The van der Waals surface area contributed by atoms with Crippen LogP contribution in [0.25, 0.3) is 6.08 Å². The van der Waals surface area contributed by atoms with Crippen molar-refractivity contribution in [2.75, 3.05) is 0 Å². The first-order valence-corrected chi connectivity index (χ1v) is 6.68. The lowest BCUT2D eigenvalue weighted by Crippen LogP contribution is -2.40. The first-order valence-electron chi connectivity index (χ1n) is 5.93. The van der Waals surface area contributed by atoms with Crippen molar-refractivity contribution in [3.8, 4) is 0 Å². The first-order chi connectivity index (χ1) is 10.1.